The van der Waals surface area contributed by atoms with Crippen molar-refractivity contribution >= 4 is 17.3 Å². The molecule has 5 nitrogen and oxygen atoms in total. The quantitative estimate of drug-likeness (QED) is 0.794. The SMILES string of the molecule is CCN1CCN(c2ccc(NC(=O)CCc3ccc(OC)cc3)c(C)c2)CC1. The number of likely N-dealkylation sites (N-methyl/N-ethyl adjacent to an activating group) is 1. The first-order chi connectivity index (χ1) is 13.6. The van der Waals surface area contributed by atoms with E-state index in [2.05, 4.69) is 41.1 Å². The molecule has 2 aromatic carbocycles. The van der Waals surface area contributed by atoms with Crippen LogP contribution in [0.15, 0.2) is 42.5 Å². The molecule has 0 bridgehead atoms. The zero-order valence-corrected chi connectivity index (χ0v) is 17.2. The Bertz CT molecular complexity index is 781. The molecule has 1 N–H and O–H groups in total. The Labute approximate surface area is 168 Å². The second-order valence-electron chi connectivity index (χ2n) is 7.32. The van der Waals surface area contributed by atoms with Gasteiger partial charge in [-0.2, -0.15) is 0 Å². The molecule has 0 saturated carbocycles. The molecule has 0 radical (unpaired) electrons. The van der Waals surface area contributed by atoms with Gasteiger partial charge in [-0.05, 0) is 61.3 Å². The molecule has 0 spiro atoms. The molecule has 150 valence electrons. The highest BCUT2D eigenvalue weighted by Gasteiger charge is 2.16. The van der Waals surface area contributed by atoms with Gasteiger partial charge in [0.2, 0.25) is 5.91 Å². The number of methoxy groups -OCH3 is 1. The first kappa shape index (κ1) is 20.2. The first-order valence-corrected chi connectivity index (χ1v) is 10.1. The first-order valence-electron chi connectivity index (χ1n) is 10.1. The van der Waals surface area contributed by atoms with Gasteiger partial charge in [-0.15, -0.1) is 0 Å². The van der Waals surface area contributed by atoms with E-state index in [1.165, 1.54) is 5.69 Å². The molecular formula is C23H31N3O2. The van der Waals surface area contributed by atoms with E-state index in [0.717, 1.165) is 55.3 Å². The minimum Gasteiger partial charge on any atom is -0.497 e. The third kappa shape index (κ3) is 5.26. The average molecular weight is 382 g/mol. The Morgan fingerprint density at radius 3 is 2.39 bits per heavy atom. The van der Waals surface area contributed by atoms with E-state index in [9.17, 15) is 4.79 Å². The normalized spacial score (nSPS) is 14.8. The van der Waals surface area contributed by atoms with Crippen molar-refractivity contribution in [3.05, 3.63) is 53.6 Å². The fourth-order valence-corrected chi connectivity index (χ4v) is 3.57. The van der Waals surface area contributed by atoms with Gasteiger partial charge in [0, 0.05) is 44.0 Å². The van der Waals surface area contributed by atoms with Crippen molar-refractivity contribution in [3.63, 3.8) is 0 Å². The number of carbonyl (C=O) groups is 1. The number of anilines is 2. The predicted molar refractivity (Wildman–Crippen MR) is 115 cm³/mol. The van der Waals surface area contributed by atoms with Crippen molar-refractivity contribution in [1.29, 1.82) is 0 Å². The third-order valence-corrected chi connectivity index (χ3v) is 5.47. The standard InChI is InChI=1S/C23H31N3O2/c1-4-25-13-15-26(16-14-25)20-8-11-22(18(2)17-20)24-23(27)12-7-19-5-9-21(28-3)10-6-19/h5-6,8-11,17H,4,7,12-16H2,1-3H3,(H,24,27). The van der Waals surface area contributed by atoms with Gasteiger partial charge in [-0.1, -0.05) is 19.1 Å². The predicted octanol–water partition coefficient (Wildman–Crippen LogP) is 3.72. The number of rotatable bonds is 7. The largest absolute Gasteiger partial charge is 0.497 e. The van der Waals surface area contributed by atoms with Gasteiger partial charge < -0.3 is 19.9 Å². The number of amides is 1. The summed E-state index contributed by atoms with van der Waals surface area (Å²) in [6.45, 7) is 9.73. The fourth-order valence-electron chi connectivity index (χ4n) is 3.57. The van der Waals surface area contributed by atoms with Gasteiger partial charge in [-0.25, -0.2) is 0 Å². The maximum Gasteiger partial charge on any atom is 0.224 e. The van der Waals surface area contributed by atoms with Crippen molar-refractivity contribution in [1.82, 2.24) is 4.90 Å². The van der Waals surface area contributed by atoms with E-state index in [0.29, 0.717) is 12.8 Å². The van der Waals surface area contributed by atoms with Gasteiger partial charge in [-0.3, -0.25) is 4.79 Å². The van der Waals surface area contributed by atoms with Crippen LogP contribution in [-0.4, -0.2) is 50.6 Å². The Morgan fingerprint density at radius 1 is 1.07 bits per heavy atom. The highest BCUT2D eigenvalue weighted by molar-refractivity contribution is 5.91. The van der Waals surface area contributed by atoms with Crippen LogP contribution >= 0.6 is 0 Å². The Hall–Kier alpha value is -2.53. The average Bonchev–Trinajstić information content (AvgIpc) is 2.74. The van der Waals surface area contributed by atoms with E-state index < -0.39 is 0 Å². The minimum absolute atomic E-state index is 0.0447. The summed E-state index contributed by atoms with van der Waals surface area (Å²) in [4.78, 5) is 17.3. The lowest BCUT2D eigenvalue weighted by Gasteiger charge is -2.35. The van der Waals surface area contributed by atoms with Crippen molar-refractivity contribution in [2.45, 2.75) is 26.7 Å². The van der Waals surface area contributed by atoms with E-state index in [1.54, 1.807) is 7.11 Å². The lowest BCUT2D eigenvalue weighted by atomic mass is 10.1. The summed E-state index contributed by atoms with van der Waals surface area (Å²) in [5.41, 5.74) is 4.38. The fraction of sp³-hybridized carbons (Fsp3) is 0.435. The molecule has 0 atom stereocenters. The summed E-state index contributed by atoms with van der Waals surface area (Å²) >= 11 is 0. The number of nitrogens with one attached hydrogen (secondary N) is 1. The number of aryl methyl sites for hydroxylation is 2. The molecule has 28 heavy (non-hydrogen) atoms. The summed E-state index contributed by atoms with van der Waals surface area (Å²) in [5, 5.41) is 3.06. The zero-order chi connectivity index (χ0) is 19.9. The van der Waals surface area contributed by atoms with E-state index in [-0.39, 0.29) is 5.91 Å². The third-order valence-electron chi connectivity index (χ3n) is 5.47. The number of hydrogen-bond acceptors (Lipinski definition) is 4. The van der Waals surface area contributed by atoms with Crippen LogP contribution < -0.4 is 15.0 Å². The van der Waals surface area contributed by atoms with Crippen molar-refractivity contribution in [3.8, 4) is 5.75 Å². The number of hydrogen-bond donors (Lipinski definition) is 1. The number of piperazine rings is 1. The van der Waals surface area contributed by atoms with Gasteiger partial charge in [0.05, 0.1) is 7.11 Å². The molecule has 1 fully saturated rings. The molecule has 0 unspecified atom stereocenters. The van der Waals surface area contributed by atoms with E-state index in [1.807, 2.05) is 30.3 Å². The van der Waals surface area contributed by atoms with Crippen LogP contribution in [0.3, 0.4) is 0 Å². The van der Waals surface area contributed by atoms with Crippen molar-refractivity contribution in [2.75, 3.05) is 50.1 Å². The molecule has 1 saturated heterocycles. The lowest BCUT2D eigenvalue weighted by Crippen LogP contribution is -2.46. The highest BCUT2D eigenvalue weighted by Crippen LogP contribution is 2.24. The molecule has 0 aromatic heterocycles. The summed E-state index contributed by atoms with van der Waals surface area (Å²) in [6, 6.07) is 14.2. The number of carbonyl (C=O) groups excluding carboxylic acids is 1. The molecule has 2 aromatic rings. The molecule has 1 aliphatic rings. The maximum atomic E-state index is 12.4. The van der Waals surface area contributed by atoms with Crippen LogP contribution in [0.4, 0.5) is 11.4 Å². The number of nitrogens with zero attached hydrogens (tertiary/aromatic N) is 2. The second kappa shape index (κ2) is 9.60. The monoisotopic (exact) mass is 381 g/mol. The zero-order valence-electron chi connectivity index (χ0n) is 17.2. The lowest BCUT2D eigenvalue weighted by molar-refractivity contribution is -0.116. The molecule has 3 rings (SSSR count). The van der Waals surface area contributed by atoms with Crippen molar-refractivity contribution in [2.24, 2.45) is 0 Å². The van der Waals surface area contributed by atoms with Crippen LogP contribution in [0.25, 0.3) is 0 Å². The topological polar surface area (TPSA) is 44.8 Å². The molecule has 1 aliphatic heterocycles. The molecule has 0 aliphatic carbocycles. The van der Waals surface area contributed by atoms with Gasteiger partial charge in [0.1, 0.15) is 5.75 Å². The van der Waals surface area contributed by atoms with Gasteiger partial charge in [0.15, 0.2) is 0 Å². The van der Waals surface area contributed by atoms with Crippen LogP contribution in [0.1, 0.15) is 24.5 Å². The van der Waals surface area contributed by atoms with Gasteiger partial charge >= 0.3 is 0 Å². The molecule has 5 heteroatoms. The highest BCUT2D eigenvalue weighted by atomic mass is 16.5. The maximum absolute atomic E-state index is 12.4. The van der Waals surface area contributed by atoms with E-state index >= 15 is 0 Å². The summed E-state index contributed by atoms with van der Waals surface area (Å²) in [5.74, 6) is 0.878. The minimum atomic E-state index is 0.0447. The van der Waals surface area contributed by atoms with E-state index in [4.69, 9.17) is 4.74 Å². The Morgan fingerprint density at radius 2 is 1.79 bits per heavy atom. The molecular weight excluding hydrogens is 350 g/mol. The van der Waals surface area contributed by atoms with Crippen LogP contribution in [0, 0.1) is 6.92 Å². The van der Waals surface area contributed by atoms with Crippen LogP contribution in [0.2, 0.25) is 0 Å². The summed E-state index contributed by atoms with van der Waals surface area (Å²) in [6.07, 6.45) is 1.18. The number of ether oxygens (including phenoxy) is 1. The number of benzene rings is 2. The Balaban J connectivity index is 1.53. The molecule has 1 amide bonds. The Kier molecular flexibility index (Phi) is 6.93. The smallest absolute Gasteiger partial charge is 0.224 e. The van der Waals surface area contributed by atoms with Crippen LogP contribution in [0.5, 0.6) is 5.75 Å². The summed E-state index contributed by atoms with van der Waals surface area (Å²) in [7, 11) is 1.65. The van der Waals surface area contributed by atoms with Crippen LogP contribution in [-0.2, 0) is 11.2 Å². The summed E-state index contributed by atoms with van der Waals surface area (Å²) < 4.78 is 5.17. The second-order valence-corrected chi connectivity index (χ2v) is 7.32. The van der Waals surface area contributed by atoms with Gasteiger partial charge in [0.25, 0.3) is 0 Å². The molecule has 1 heterocycles. The van der Waals surface area contributed by atoms with Crippen molar-refractivity contribution < 1.29 is 9.53 Å².